The van der Waals surface area contributed by atoms with Gasteiger partial charge in [-0.05, 0) is 36.8 Å². The van der Waals surface area contributed by atoms with Gasteiger partial charge in [0.15, 0.2) is 23.0 Å². The molecule has 1 aromatic carbocycles. The molecular formula is C20H21N3O4. The third-order valence-electron chi connectivity index (χ3n) is 4.31. The van der Waals surface area contributed by atoms with Crippen LogP contribution in [0.2, 0.25) is 0 Å². The summed E-state index contributed by atoms with van der Waals surface area (Å²) in [6, 6.07) is 12.5. The second kappa shape index (κ2) is 8.35. The van der Waals surface area contributed by atoms with E-state index >= 15 is 0 Å². The van der Waals surface area contributed by atoms with Crippen molar-refractivity contribution in [2.75, 3.05) is 14.2 Å². The predicted molar refractivity (Wildman–Crippen MR) is 98.6 cm³/mol. The van der Waals surface area contributed by atoms with E-state index in [0.29, 0.717) is 17.3 Å². The van der Waals surface area contributed by atoms with Crippen molar-refractivity contribution in [1.29, 1.82) is 0 Å². The summed E-state index contributed by atoms with van der Waals surface area (Å²) in [5, 5.41) is 3.88. The molecule has 2 aromatic heterocycles. The summed E-state index contributed by atoms with van der Waals surface area (Å²) in [5.41, 5.74) is 1.22. The van der Waals surface area contributed by atoms with E-state index in [9.17, 15) is 4.79 Å². The fraction of sp³-hybridized carbons (Fsp3) is 0.250. The Kier molecular flexibility index (Phi) is 5.71. The molecule has 7 heteroatoms. The van der Waals surface area contributed by atoms with Gasteiger partial charge in [0.05, 0.1) is 13.2 Å². The van der Waals surface area contributed by atoms with Crippen molar-refractivity contribution in [2.24, 2.45) is 0 Å². The lowest BCUT2D eigenvalue weighted by Crippen LogP contribution is -2.29. The Morgan fingerprint density at radius 2 is 1.89 bits per heavy atom. The maximum Gasteiger partial charge on any atom is 0.276 e. The zero-order valence-electron chi connectivity index (χ0n) is 15.5. The average Bonchev–Trinajstić information content (AvgIpc) is 3.20. The normalized spacial score (nSPS) is 11.7. The monoisotopic (exact) mass is 367 g/mol. The summed E-state index contributed by atoms with van der Waals surface area (Å²) in [7, 11) is 3.31. The van der Waals surface area contributed by atoms with Gasteiger partial charge in [-0.3, -0.25) is 9.78 Å². The van der Waals surface area contributed by atoms with Crippen molar-refractivity contribution in [2.45, 2.75) is 19.6 Å². The zero-order chi connectivity index (χ0) is 19.2. The molecule has 0 saturated heterocycles. The summed E-state index contributed by atoms with van der Waals surface area (Å²) in [4.78, 5) is 18.3. The number of hydrogen-bond donors (Lipinski definition) is 0. The second-order valence-electron chi connectivity index (χ2n) is 5.99. The van der Waals surface area contributed by atoms with Gasteiger partial charge in [0.1, 0.15) is 6.61 Å². The molecular weight excluding hydrogens is 346 g/mol. The van der Waals surface area contributed by atoms with E-state index < -0.39 is 0 Å². The molecule has 1 amide bonds. The molecule has 0 aliphatic rings. The highest BCUT2D eigenvalue weighted by atomic mass is 16.5. The molecule has 0 spiro atoms. The van der Waals surface area contributed by atoms with Gasteiger partial charge >= 0.3 is 0 Å². The first-order valence-electron chi connectivity index (χ1n) is 8.48. The van der Waals surface area contributed by atoms with Crippen molar-refractivity contribution in [3.05, 3.63) is 71.9 Å². The summed E-state index contributed by atoms with van der Waals surface area (Å²) in [6.07, 6.45) is 3.40. The Bertz CT molecular complexity index is 895. The lowest BCUT2D eigenvalue weighted by Gasteiger charge is -2.24. The lowest BCUT2D eigenvalue weighted by atomic mass is 10.1. The minimum Gasteiger partial charge on any atom is -0.493 e. The smallest absolute Gasteiger partial charge is 0.276 e. The Morgan fingerprint density at radius 1 is 1.19 bits per heavy atom. The minimum atomic E-state index is -0.230. The van der Waals surface area contributed by atoms with Gasteiger partial charge in [-0.2, -0.15) is 0 Å². The number of pyridine rings is 1. The highest BCUT2D eigenvalue weighted by Crippen LogP contribution is 2.27. The molecule has 1 unspecified atom stereocenters. The topological polar surface area (TPSA) is 77.7 Å². The first-order chi connectivity index (χ1) is 13.1. The van der Waals surface area contributed by atoms with Crippen LogP contribution >= 0.6 is 0 Å². The van der Waals surface area contributed by atoms with Gasteiger partial charge in [0, 0.05) is 25.5 Å². The number of benzene rings is 1. The van der Waals surface area contributed by atoms with E-state index in [-0.39, 0.29) is 24.2 Å². The van der Waals surface area contributed by atoms with Crippen molar-refractivity contribution >= 4 is 5.91 Å². The van der Waals surface area contributed by atoms with Crippen LogP contribution in [0.25, 0.3) is 0 Å². The quantitative estimate of drug-likeness (QED) is 0.636. The van der Waals surface area contributed by atoms with Crippen LogP contribution in [0.4, 0.5) is 0 Å². The maximum absolute atomic E-state index is 12.7. The van der Waals surface area contributed by atoms with E-state index in [1.807, 2.05) is 31.2 Å². The number of hydrogen-bond acceptors (Lipinski definition) is 6. The van der Waals surface area contributed by atoms with Gasteiger partial charge in [0.2, 0.25) is 0 Å². The number of methoxy groups -OCH3 is 1. The predicted octanol–water partition coefficient (Wildman–Crippen LogP) is 3.49. The molecule has 0 fully saturated rings. The number of rotatable bonds is 7. The summed E-state index contributed by atoms with van der Waals surface area (Å²) >= 11 is 0. The van der Waals surface area contributed by atoms with Crippen LogP contribution in [0.1, 0.15) is 34.8 Å². The highest BCUT2D eigenvalue weighted by molar-refractivity contribution is 5.92. The molecule has 140 valence electrons. The van der Waals surface area contributed by atoms with E-state index in [1.54, 1.807) is 49.7 Å². The Hall–Kier alpha value is -3.35. The summed E-state index contributed by atoms with van der Waals surface area (Å²) < 4.78 is 16.2. The molecule has 0 radical (unpaired) electrons. The molecule has 0 N–H and O–H groups in total. The number of amides is 1. The first kappa shape index (κ1) is 18.4. The number of aromatic nitrogens is 2. The largest absolute Gasteiger partial charge is 0.493 e. The van der Waals surface area contributed by atoms with Crippen LogP contribution in [0.15, 0.2) is 59.4 Å². The number of carbonyl (C=O) groups is 1. The lowest BCUT2D eigenvalue weighted by molar-refractivity contribution is 0.0731. The Labute approximate surface area is 157 Å². The molecule has 1 atom stereocenters. The fourth-order valence-electron chi connectivity index (χ4n) is 2.59. The fourth-order valence-corrected chi connectivity index (χ4v) is 2.59. The van der Waals surface area contributed by atoms with E-state index in [2.05, 4.69) is 10.1 Å². The summed E-state index contributed by atoms with van der Waals surface area (Å²) in [6.45, 7) is 2.09. The molecule has 3 rings (SSSR count). The van der Waals surface area contributed by atoms with Crippen molar-refractivity contribution in [3.8, 4) is 11.5 Å². The van der Waals surface area contributed by atoms with Crippen LogP contribution in [-0.2, 0) is 6.61 Å². The van der Waals surface area contributed by atoms with Crippen LogP contribution in [-0.4, -0.2) is 35.1 Å². The van der Waals surface area contributed by atoms with E-state index in [0.717, 1.165) is 5.56 Å². The van der Waals surface area contributed by atoms with Gasteiger partial charge < -0.3 is 18.9 Å². The molecule has 7 nitrogen and oxygen atoms in total. The molecule has 0 saturated carbocycles. The van der Waals surface area contributed by atoms with Gasteiger partial charge in [-0.15, -0.1) is 0 Å². The van der Waals surface area contributed by atoms with Gasteiger partial charge in [-0.1, -0.05) is 17.3 Å². The van der Waals surface area contributed by atoms with Crippen molar-refractivity contribution < 1.29 is 18.8 Å². The Balaban J connectivity index is 1.65. The van der Waals surface area contributed by atoms with Crippen LogP contribution in [0.3, 0.4) is 0 Å². The minimum absolute atomic E-state index is 0.120. The third kappa shape index (κ3) is 4.25. The molecule has 0 aliphatic carbocycles. The number of carbonyl (C=O) groups excluding carboxylic acids is 1. The Morgan fingerprint density at radius 3 is 2.59 bits per heavy atom. The van der Waals surface area contributed by atoms with Crippen molar-refractivity contribution in [3.63, 3.8) is 0 Å². The summed E-state index contributed by atoms with van der Waals surface area (Å²) in [5.74, 6) is 1.44. The highest BCUT2D eigenvalue weighted by Gasteiger charge is 2.22. The molecule has 27 heavy (non-hydrogen) atoms. The number of nitrogens with zero attached hydrogens (tertiary/aromatic N) is 3. The molecule has 0 bridgehead atoms. The van der Waals surface area contributed by atoms with E-state index in [1.165, 1.54) is 0 Å². The number of para-hydroxylation sites is 2. The van der Waals surface area contributed by atoms with E-state index in [4.69, 9.17) is 14.0 Å². The molecule has 0 aliphatic heterocycles. The molecule has 2 heterocycles. The van der Waals surface area contributed by atoms with Gasteiger partial charge in [-0.25, -0.2) is 0 Å². The van der Waals surface area contributed by atoms with Crippen LogP contribution < -0.4 is 9.47 Å². The SMILES string of the molecule is COc1ccccc1OCc1cc(C(=O)N(C)C(C)c2ccncc2)no1. The second-order valence-corrected chi connectivity index (χ2v) is 5.99. The van der Waals surface area contributed by atoms with Crippen molar-refractivity contribution in [1.82, 2.24) is 15.0 Å². The van der Waals surface area contributed by atoms with Crippen LogP contribution in [0.5, 0.6) is 11.5 Å². The number of ether oxygens (including phenoxy) is 2. The van der Waals surface area contributed by atoms with Crippen LogP contribution in [0, 0.1) is 0 Å². The molecule has 3 aromatic rings. The maximum atomic E-state index is 12.7. The van der Waals surface area contributed by atoms with Gasteiger partial charge in [0.25, 0.3) is 5.91 Å². The zero-order valence-corrected chi connectivity index (χ0v) is 15.5. The average molecular weight is 367 g/mol. The first-order valence-corrected chi connectivity index (χ1v) is 8.48. The standard InChI is InChI=1S/C20H21N3O4/c1-14(15-8-10-21-11-9-15)23(2)20(24)17-12-16(27-22-17)13-26-19-7-5-4-6-18(19)25-3/h4-12,14H,13H2,1-3H3. The third-order valence-corrected chi connectivity index (χ3v) is 4.31.